The molecule has 7 nitrogen and oxygen atoms in total. The van der Waals surface area contributed by atoms with Crippen molar-refractivity contribution in [3.63, 3.8) is 0 Å². The second kappa shape index (κ2) is 7.27. The number of nitrogens with two attached hydrogens (primary N) is 1. The Hall–Kier alpha value is -2.71. The van der Waals surface area contributed by atoms with E-state index in [1.165, 1.54) is 21.9 Å². The zero-order valence-corrected chi connectivity index (χ0v) is 14.0. The smallest absolute Gasteiger partial charge is 0.414 e. The van der Waals surface area contributed by atoms with Gasteiger partial charge in [0, 0.05) is 19.4 Å². The number of hydrogen-bond donors (Lipinski definition) is 1. The molecule has 2 saturated heterocycles. The lowest BCUT2D eigenvalue weighted by molar-refractivity contribution is -0.124. The van der Waals surface area contributed by atoms with Crippen molar-refractivity contribution >= 4 is 29.2 Å². The molecular weight excluding hydrogens is 348 g/mol. The Labute approximate surface area is 148 Å². The maximum atomic E-state index is 14.5. The molecule has 2 aliphatic rings. The van der Waals surface area contributed by atoms with Crippen LogP contribution in [-0.4, -0.2) is 49.7 Å². The summed E-state index contributed by atoms with van der Waals surface area (Å²) in [6.07, 6.45) is -2.31. The lowest BCUT2D eigenvalue weighted by atomic mass is 10.1. The summed E-state index contributed by atoms with van der Waals surface area (Å²) in [5.74, 6) is -1.57. The van der Waals surface area contributed by atoms with E-state index >= 15 is 0 Å². The normalized spacial score (nSPS) is 23.3. The molecule has 2 atom stereocenters. The van der Waals surface area contributed by atoms with Gasteiger partial charge in [-0.05, 0) is 24.6 Å². The van der Waals surface area contributed by atoms with Crippen LogP contribution in [0.5, 0.6) is 0 Å². The molecule has 2 amide bonds. The molecular formula is C17H19F2N3O4. The first kappa shape index (κ1) is 18.1. The summed E-state index contributed by atoms with van der Waals surface area (Å²) >= 11 is 0. The third kappa shape index (κ3) is 3.76. The highest BCUT2D eigenvalue weighted by Crippen LogP contribution is 2.30. The number of anilines is 2. The molecule has 2 N–H and O–H groups in total. The molecule has 2 aliphatic heterocycles. The standard InChI is InChI=1S/C17H19F2N3O4/c18-12-7-10(22-8-11(26-17(22)25)2-4-16(20)24)1-3-14(12)21-6-5-15(23)13(19)9-21/h1,3,7,11,13H,2,4-6,8-9H2,(H2,20,24)/t11-,13?/m0/s1. The monoisotopic (exact) mass is 367 g/mol. The van der Waals surface area contributed by atoms with E-state index < -0.39 is 35.9 Å². The van der Waals surface area contributed by atoms with Crippen molar-refractivity contribution in [1.82, 2.24) is 0 Å². The Morgan fingerprint density at radius 1 is 1.31 bits per heavy atom. The van der Waals surface area contributed by atoms with Gasteiger partial charge in [-0.3, -0.25) is 14.5 Å². The molecule has 1 unspecified atom stereocenters. The van der Waals surface area contributed by atoms with Gasteiger partial charge < -0.3 is 15.4 Å². The van der Waals surface area contributed by atoms with E-state index in [1.807, 2.05) is 0 Å². The summed E-state index contributed by atoms with van der Waals surface area (Å²) in [6, 6.07) is 4.17. The minimum atomic E-state index is -1.62. The average molecular weight is 367 g/mol. The lowest BCUT2D eigenvalue weighted by Gasteiger charge is -2.30. The van der Waals surface area contributed by atoms with Crippen LogP contribution in [0.1, 0.15) is 19.3 Å². The van der Waals surface area contributed by atoms with Gasteiger partial charge in [0.05, 0.1) is 24.5 Å². The minimum absolute atomic E-state index is 0.0301. The number of Topliss-reactive ketones (excluding diaryl/α,β-unsaturated/α-hetero) is 1. The molecule has 9 heteroatoms. The van der Waals surface area contributed by atoms with Crippen LogP contribution in [-0.2, 0) is 14.3 Å². The lowest BCUT2D eigenvalue weighted by Crippen LogP contribution is -2.42. The summed E-state index contributed by atoms with van der Waals surface area (Å²) in [7, 11) is 0. The topological polar surface area (TPSA) is 92.9 Å². The van der Waals surface area contributed by atoms with Gasteiger partial charge in [-0.2, -0.15) is 0 Å². The molecule has 1 aromatic rings. The average Bonchev–Trinajstić information content (AvgIpc) is 2.96. The third-order valence-corrected chi connectivity index (χ3v) is 4.53. The Kier molecular flexibility index (Phi) is 5.06. The molecule has 140 valence electrons. The number of hydrogen-bond acceptors (Lipinski definition) is 5. The van der Waals surface area contributed by atoms with Crippen LogP contribution in [0.15, 0.2) is 18.2 Å². The number of ether oxygens (including phenoxy) is 1. The molecule has 0 spiro atoms. The van der Waals surface area contributed by atoms with Crippen LogP contribution >= 0.6 is 0 Å². The van der Waals surface area contributed by atoms with Crippen molar-refractivity contribution in [2.45, 2.75) is 31.5 Å². The summed E-state index contributed by atoms with van der Waals surface area (Å²) in [5.41, 5.74) is 5.57. The molecule has 1 aromatic carbocycles. The molecule has 0 radical (unpaired) electrons. The highest BCUT2D eigenvalue weighted by atomic mass is 19.1. The zero-order valence-electron chi connectivity index (χ0n) is 14.0. The Morgan fingerprint density at radius 3 is 2.73 bits per heavy atom. The van der Waals surface area contributed by atoms with Gasteiger partial charge in [0.15, 0.2) is 12.0 Å². The summed E-state index contributed by atoms with van der Waals surface area (Å²) in [5, 5.41) is 0. The second-order valence-electron chi connectivity index (χ2n) is 6.39. The maximum absolute atomic E-state index is 14.5. The molecule has 3 rings (SSSR count). The first-order valence-electron chi connectivity index (χ1n) is 8.33. The summed E-state index contributed by atoms with van der Waals surface area (Å²) in [6.45, 7) is 0.252. The molecule has 0 saturated carbocycles. The van der Waals surface area contributed by atoms with Crippen molar-refractivity contribution in [2.75, 3.05) is 29.4 Å². The number of carbonyl (C=O) groups excluding carboxylic acids is 3. The summed E-state index contributed by atoms with van der Waals surface area (Å²) in [4.78, 5) is 36.8. The van der Waals surface area contributed by atoms with E-state index in [1.54, 1.807) is 6.07 Å². The van der Waals surface area contributed by atoms with E-state index in [-0.39, 0.29) is 38.2 Å². The first-order chi connectivity index (χ1) is 12.3. The number of cyclic esters (lactones) is 1. The fourth-order valence-electron chi connectivity index (χ4n) is 3.11. The maximum Gasteiger partial charge on any atom is 0.414 e. The molecule has 0 aromatic heterocycles. The van der Waals surface area contributed by atoms with E-state index in [0.29, 0.717) is 12.1 Å². The van der Waals surface area contributed by atoms with Gasteiger partial charge in [-0.25, -0.2) is 13.6 Å². The van der Waals surface area contributed by atoms with E-state index in [2.05, 4.69) is 0 Å². The number of alkyl halides is 1. The number of primary amides is 1. The van der Waals surface area contributed by atoms with Gasteiger partial charge >= 0.3 is 6.09 Å². The molecule has 0 bridgehead atoms. The summed E-state index contributed by atoms with van der Waals surface area (Å²) < 4.78 is 33.2. The van der Waals surface area contributed by atoms with Crippen molar-refractivity contribution in [2.24, 2.45) is 5.73 Å². The second-order valence-corrected chi connectivity index (χ2v) is 6.39. The molecule has 0 aliphatic carbocycles. The predicted molar refractivity (Wildman–Crippen MR) is 89.2 cm³/mol. The minimum Gasteiger partial charge on any atom is -0.444 e. The van der Waals surface area contributed by atoms with Crippen LogP contribution in [0.3, 0.4) is 0 Å². The van der Waals surface area contributed by atoms with Gasteiger partial charge in [0.1, 0.15) is 11.9 Å². The van der Waals surface area contributed by atoms with Crippen LogP contribution in [0.25, 0.3) is 0 Å². The zero-order chi connectivity index (χ0) is 18.8. The highest BCUT2D eigenvalue weighted by Gasteiger charge is 2.33. The Bertz CT molecular complexity index is 743. The van der Waals surface area contributed by atoms with E-state index in [4.69, 9.17) is 10.5 Å². The van der Waals surface area contributed by atoms with Crippen molar-refractivity contribution in [3.8, 4) is 0 Å². The Morgan fingerprint density at radius 2 is 2.08 bits per heavy atom. The third-order valence-electron chi connectivity index (χ3n) is 4.53. The SMILES string of the molecule is NC(=O)CC[C@H]1CN(c2ccc(N3CCC(=O)C(F)C3)c(F)c2)C(=O)O1. The number of halogens is 2. The van der Waals surface area contributed by atoms with Gasteiger partial charge in [0.25, 0.3) is 0 Å². The number of piperidine rings is 1. The van der Waals surface area contributed by atoms with Crippen molar-refractivity contribution < 1.29 is 27.9 Å². The molecule has 26 heavy (non-hydrogen) atoms. The van der Waals surface area contributed by atoms with Gasteiger partial charge in [-0.15, -0.1) is 0 Å². The van der Waals surface area contributed by atoms with Gasteiger partial charge in [-0.1, -0.05) is 0 Å². The number of carbonyl (C=O) groups is 3. The molecule has 2 heterocycles. The fraction of sp³-hybridized carbons (Fsp3) is 0.471. The number of benzene rings is 1. The highest BCUT2D eigenvalue weighted by molar-refractivity contribution is 5.90. The predicted octanol–water partition coefficient (Wildman–Crippen LogP) is 1.53. The number of ketones is 1. The van der Waals surface area contributed by atoms with E-state index in [9.17, 15) is 23.2 Å². The first-order valence-corrected chi connectivity index (χ1v) is 8.33. The van der Waals surface area contributed by atoms with Crippen LogP contribution in [0.4, 0.5) is 25.0 Å². The largest absolute Gasteiger partial charge is 0.444 e. The fourth-order valence-corrected chi connectivity index (χ4v) is 3.11. The quantitative estimate of drug-likeness (QED) is 0.852. The number of nitrogens with zero attached hydrogens (tertiary/aromatic N) is 2. The van der Waals surface area contributed by atoms with Crippen LogP contribution in [0, 0.1) is 5.82 Å². The van der Waals surface area contributed by atoms with Crippen molar-refractivity contribution in [1.29, 1.82) is 0 Å². The van der Waals surface area contributed by atoms with Gasteiger partial charge in [0.2, 0.25) is 5.91 Å². The molecule has 2 fully saturated rings. The number of rotatable bonds is 5. The van der Waals surface area contributed by atoms with E-state index in [0.717, 1.165) is 0 Å². The number of amides is 2. The van der Waals surface area contributed by atoms with Crippen LogP contribution < -0.4 is 15.5 Å². The van der Waals surface area contributed by atoms with Crippen LogP contribution in [0.2, 0.25) is 0 Å². The van der Waals surface area contributed by atoms with Crippen molar-refractivity contribution in [3.05, 3.63) is 24.0 Å². The Balaban J connectivity index is 1.70.